The Bertz CT molecular complexity index is 174. The normalized spacial score (nSPS) is 12.9. The first-order chi connectivity index (χ1) is 7.09. The third-order valence-electron chi connectivity index (χ3n) is 2.00. The highest BCUT2D eigenvalue weighted by atomic mass is 16.5. The molecule has 15 heavy (non-hydrogen) atoms. The second-order valence-corrected chi connectivity index (χ2v) is 3.67. The van der Waals surface area contributed by atoms with Gasteiger partial charge in [0.1, 0.15) is 0 Å². The second kappa shape index (κ2) is 8.64. The molecule has 0 fully saturated rings. The van der Waals surface area contributed by atoms with Gasteiger partial charge >= 0.3 is 0 Å². The maximum absolute atomic E-state index is 11.4. The highest BCUT2D eigenvalue weighted by Gasteiger charge is 2.15. The summed E-state index contributed by atoms with van der Waals surface area (Å²) in [5.41, 5.74) is 5.65. The molecule has 0 radical (unpaired) electrons. The first-order valence-corrected chi connectivity index (χ1v) is 5.19. The minimum Gasteiger partial charge on any atom is -0.382 e. The molecule has 0 rings (SSSR count). The van der Waals surface area contributed by atoms with Crippen LogP contribution in [0.2, 0.25) is 0 Å². The van der Waals surface area contributed by atoms with E-state index in [0.29, 0.717) is 26.4 Å². The number of nitrogens with one attached hydrogen (secondary N) is 1. The molecule has 0 aromatic heterocycles. The lowest BCUT2D eigenvalue weighted by Crippen LogP contribution is -2.44. The summed E-state index contributed by atoms with van der Waals surface area (Å²) in [4.78, 5) is 11.4. The molecule has 0 aliphatic heterocycles. The average Bonchev–Trinajstić information content (AvgIpc) is 2.21. The summed E-state index contributed by atoms with van der Waals surface area (Å²) in [5, 5.41) is 2.71. The summed E-state index contributed by atoms with van der Waals surface area (Å²) in [7, 11) is 1.62. The van der Waals surface area contributed by atoms with Crippen LogP contribution in [0.5, 0.6) is 0 Å². The van der Waals surface area contributed by atoms with Crippen LogP contribution in [0.3, 0.4) is 0 Å². The quantitative estimate of drug-likeness (QED) is 0.551. The minimum atomic E-state index is -0.441. The molecule has 0 spiro atoms. The predicted octanol–water partition coefficient (Wildman–Crippen LogP) is -0.251. The zero-order chi connectivity index (χ0) is 11.7. The molecule has 1 amide bonds. The molecule has 0 bridgehead atoms. The molecular weight excluding hydrogens is 196 g/mol. The molecule has 1 atom stereocenters. The van der Waals surface area contributed by atoms with Crippen molar-refractivity contribution in [2.45, 2.75) is 19.9 Å². The molecule has 0 heterocycles. The maximum Gasteiger partial charge on any atom is 0.237 e. The summed E-state index contributed by atoms with van der Waals surface area (Å²) < 4.78 is 9.99. The van der Waals surface area contributed by atoms with Gasteiger partial charge in [0.25, 0.3) is 0 Å². The Balaban J connectivity index is 3.39. The van der Waals surface area contributed by atoms with Crippen LogP contribution in [0.4, 0.5) is 0 Å². The van der Waals surface area contributed by atoms with Crippen molar-refractivity contribution in [3.63, 3.8) is 0 Å². The lowest BCUT2D eigenvalue weighted by molar-refractivity contribution is -0.123. The van der Waals surface area contributed by atoms with Crippen molar-refractivity contribution >= 4 is 5.91 Å². The van der Waals surface area contributed by atoms with Gasteiger partial charge < -0.3 is 20.5 Å². The lowest BCUT2D eigenvalue weighted by atomic mass is 10.1. The molecule has 5 nitrogen and oxygen atoms in total. The number of methoxy groups -OCH3 is 1. The van der Waals surface area contributed by atoms with Crippen molar-refractivity contribution in [3.05, 3.63) is 0 Å². The summed E-state index contributed by atoms with van der Waals surface area (Å²) >= 11 is 0. The molecule has 3 N–H and O–H groups in total. The fourth-order valence-corrected chi connectivity index (χ4v) is 0.911. The standard InChI is InChI=1S/C10H22N2O3/c1-8(2)9(11)10(13)12-4-5-15-7-6-14-3/h8-9H,4-7,11H2,1-3H3,(H,12,13)/t9-/m0/s1. The van der Waals surface area contributed by atoms with Crippen molar-refractivity contribution in [1.82, 2.24) is 5.32 Å². The largest absolute Gasteiger partial charge is 0.382 e. The summed E-state index contributed by atoms with van der Waals surface area (Å²) in [5.74, 6) is 0.0275. The van der Waals surface area contributed by atoms with Crippen LogP contribution < -0.4 is 11.1 Å². The Morgan fingerprint density at radius 2 is 2.00 bits per heavy atom. The SMILES string of the molecule is COCCOCCNC(=O)[C@@H](N)C(C)C. The van der Waals surface area contributed by atoms with Gasteiger partial charge in [-0.15, -0.1) is 0 Å². The third-order valence-corrected chi connectivity index (χ3v) is 2.00. The van der Waals surface area contributed by atoms with E-state index in [0.717, 1.165) is 0 Å². The number of ether oxygens (including phenoxy) is 2. The Morgan fingerprint density at radius 3 is 2.53 bits per heavy atom. The molecule has 0 unspecified atom stereocenters. The molecule has 90 valence electrons. The number of carbonyl (C=O) groups excluding carboxylic acids is 1. The van der Waals surface area contributed by atoms with Gasteiger partial charge in [0.05, 0.1) is 25.9 Å². The Kier molecular flexibility index (Phi) is 8.27. The van der Waals surface area contributed by atoms with Gasteiger partial charge in [0, 0.05) is 13.7 Å². The zero-order valence-corrected chi connectivity index (χ0v) is 9.79. The van der Waals surface area contributed by atoms with Crippen LogP contribution in [0.25, 0.3) is 0 Å². The van der Waals surface area contributed by atoms with E-state index in [1.165, 1.54) is 0 Å². The third kappa shape index (κ3) is 7.30. The van der Waals surface area contributed by atoms with Crippen LogP contribution in [0.15, 0.2) is 0 Å². The number of hydrogen-bond donors (Lipinski definition) is 2. The van der Waals surface area contributed by atoms with Gasteiger partial charge in [-0.05, 0) is 5.92 Å². The highest BCUT2D eigenvalue weighted by Crippen LogP contribution is 1.97. The molecule has 5 heteroatoms. The number of amides is 1. The first-order valence-electron chi connectivity index (χ1n) is 5.19. The molecule has 0 aliphatic carbocycles. The van der Waals surface area contributed by atoms with E-state index in [4.69, 9.17) is 15.2 Å². The average molecular weight is 218 g/mol. The van der Waals surface area contributed by atoms with Gasteiger partial charge in [-0.25, -0.2) is 0 Å². The van der Waals surface area contributed by atoms with E-state index in [9.17, 15) is 4.79 Å². The van der Waals surface area contributed by atoms with E-state index in [1.807, 2.05) is 13.8 Å². The zero-order valence-electron chi connectivity index (χ0n) is 9.79. The van der Waals surface area contributed by atoms with Crippen LogP contribution >= 0.6 is 0 Å². The second-order valence-electron chi connectivity index (χ2n) is 3.67. The molecule has 0 saturated heterocycles. The Hall–Kier alpha value is -0.650. The van der Waals surface area contributed by atoms with Crippen molar-refractivity contribution in [1.29, 1.82) is 0 Å². The van der Waals surface area contributed by atoms with E-state index in [-0.39, 0.29) is 11.8 Å². The minimum absolute atomic E-state index is 0.125. The fourth-order valence-electron chi connectivity index (χ4n) is 0.911. The van der Waals surface area contributed by atoms with E-state index >= 15 is 0 Å². The fraction of sp³-hybridized carbons (Fsp3) is 0.900. The number of hydrogen-bond acceptors (Lipinski definition) is 4. The summed E-state index contributed by atoms with van der Waals surface area (Å²) in [6.45, 7) is 5.92. The number of carbonyl (C=O) groups is 1. The van der Waals surface area contributed by atoms with Crippen molar-refractivity contribution < 1.29 is 14.3 Å². The van der Waals surface area contributed by atoms with Crippen LogP contribution in [0.1, 0.15) is 13.8 Å². The van der Waals surface area contributed by atoms with Gasteiger partial charge in [-0.1, -0.05) is 13.8 Å². The summed E-state index contributed by atoms with van der Waals surface area (Å²) in [6.07, 6.45) is 0. The van der Waals surface area contributed by atoms with Gasteiger partial charge in [-0.2, -0.15) is 0 Å². The summed E-state index contributed by atoms with van der Waals surface area (Å²) in [6, 6.07) is -0.441. The smallest absolute Gasteiger partial charge is 0.237 e. The Labute approximate surface area is 91.3 Å². The van der Waals surface area contributed by atoms with Crippen LogP contribution in [0, 0.1) is 5.92 Å². The highest BCUT2D eigenvalue weighted by molar-refractivity contribution is 5.81. The van der Waals surface area contributed by atoms with Crippen molar-refractivity contribution in [3.8, 4) is 0 Å². The van der Waals surface area contributed by atoms with Crippen molar-refractivity contribution in [2.75, 3.05) is 33.5 Å². The van der Waals surface area contributed by atoms with Gasteiger partial charge in [0.2, 0.25) is 5.91 Å². The van der Waals surface area contributed by atoms with Crippen LogP contribution in [-0.4, -0.2) is 45.4 Å². The number of rotatable bonds is 8. The first kappa shape index (κ1) is 14.3. The monoisotopic (exact) mass is 218 g/mol. The van der Waals surface area contributed by atoms with Crippen LogP contribution in [-0.2, 0) is 14.3 Å². The lowest BCUT2D eigenvalue weighted by Gasteiger charge is -2.15. The maximum atomic E-state index is 11.4. The molecule has 0 aliphatic rings. The molecule has 0 aromatic carbocycles. The Morgan fingerprint density at radius 1 is 1.33 bits per heavy atom. The number of nitrogens with two attached hydrogens (primary N) is 1. The van der Waals surface area contributed by atoms with E-state index in [1.54, 1.807) is 7.11 Å². The molecule has 0 saturated carbocycles. The van der Waals surface area contributed by atoms with E-state index in [2.05, 4.69) is 5.32 Å². The topological polar surface area (TPSA) is 73.6 Å². The van der Waals surface area contributed by atoms with Gasteiger partial charge in [0.15, 0.2) is 0 Å². The van der Waals surface area contributed by atoms with Crippen molar-refractivity contribution in [2.24, 2.45) is 11.7 Å². The molecular formula is C10H22N2O3. The predicted molar refractivity (Wildman–Crippen MR) is 58.5 cm³/mol. The molecule has 0 aromatic rings. The van der Waals surface area contributed by atoms with Gasteiger partial charge in [-0.3, -0.25) is 4.79 Å². The van der Waals surface area contributed by atoms with E-state index < -0.39 is 6.04 Å².